The maximum Gasteiger partial charge on any atom is 0.233 e. The van der Waals surface area contributed by atoms with Crippen molar-refractivity contribution in [3.8, 4) is 0 Å². The molecule has 0 heterocycles. The lowest BCUT2D eigenvalue weighted by atomic mass is 9.81. The van der Waals surface area contributed by atoms with Crippen molar-refractivity contribution in [3.05, 3.63) is 0 Å². The van der Waals surface area contributed by atoms with E-state index in [2.05, 4.69) is 38.3 Å². The Morgan fingerprint density at radius 3 is 2.53 bits per heavy atom. The van der Waals surface area contributed by atoms with E-state index in [-0.39, 0.29) is 5.91 Å². The SMILES string of the molecule is CC(C)CNC(=O)CNC1CCCC(CC(C)C)C1. The molecule has 0 aromatic heterocycles. The van der Waals surface area contributed by atoms with Crippen molar-refractivity contribution >= 4 is 5.91 Å². The molecule has 112 valence electrons. The van der Waals surface area contributed by atoms with Gasteiger partial charge in [0.15, 0.2) is 0 Å². The Kier molecular flexibility index (Phi) is 7.44. The molecule has 3 heteroatoms. The van der Waals surface area contributed by atoms with E-state index in [1.807, 2.05) is 0 Å². The summed E-state index contributed by atoms with van der Waals surface area (Å²) in [6, 6.07) is 0.544. The highest BCUT2D eigenvalue weighted by Gasteiger charge is 2.22. The number of nitrogens with one attached hydrogen (secondary N) is 2. The molecule has 2 unspecified atom stereocenters. The Hall–Kier alpha value is -0.570. The van der Waals surface area contributed by atoms with Crippen molar-refractivity contribution in [2.24, 2.45) is 17.8 Å². The van der Waals surface area contributed by atoms with Crippen LogP contribution in [0.3, 0.4) is 0 Å². The smallest absolute Gasteiger partial charge is 0.233 e. The second-order valence-electron chi connectivity index (χ2n) is 6.94. The number of carbonyl (C=O) groups excluding carboxylic acids is 1. The molecule has 0 spiro atoms. The highest BCUT2D eigenvalue weighted by atomic mass is 16.1. The summed E-state index contributed by atoms with van der Waals surface area (Å²) in [6.45, 7) is 10.1. The molecule has 0 aromatic carbocycles. The molecule has 1 aliphatic carbocycles. The first-order chi connectivity index (χ1) is 8.97. The second-order valence-corrected chi connectivity index (χ2v) is 6.94. The van der Waals surface area contributed by atoms with Gasteiger partial charge in [-0.1, -0.05) is 40.5 Å². The quantitative estimate of drug-likeness (QED) is 0.745. The number of amides is 1. The standard InChI is InChI=1S/C16H32N2O/c1-12(2)8-14-6-5-7-15(9-14)17-11-16(19)18-10-13(3)4/h12-15,17H,5-11H2,1-4H3,(H,18,19). The minimum absolute atomic E-state index is 0.139. The van der Waals surface area contributed by atoms with E-state index in [0.29, 0.717) is 18.5 Å². The first-order valence-electron chi connectivity index (χ1n) is 7.97. The van der Waals surface area contributed by atoms with Crippen molar-refractivity contribution in [3.63, 3.8) is 0 Å². The second kappa shape index (κ2) is 8.57. The van der Waals surface area contributed by atoms with Crippen LogP contribution in [0.2, 0.25) is 0 Å². The van der Waals surface area contributed by atoms with Crippen LogP contribution in [-0.4, -0.2) is 25.0 Å². The molecule has 2 N–H and O–H groups in total. The van der Waals surface area contributed by atoms with Crippen LogP contribution in [0.25, 0.3) is 0 Å². The highest BCUT2D eigenvalue weighted by molar-refractivity contribution is 5.77. The maximum absolute atomic E-state index is 11.7. The molecule has 3 nitrogen and oxygen atoms in total. The van der Waals surface area contributed by atoms with E-state index in [0.717, 1.165) is 18.4 Å². The molecule has 1 fully saturated rings. The first kappa shape index (κ1) is 16.5. The van der Waals surface area contributed by atoms with Crippen molar-refractivity contribution in [1.29, 1.82) is 0 Å². The van der Waals surface area contributed by atoms with Gasteiger partial charge < -0.3 is 10.6 Å². The predicted octanol–water partition coefficient (Wildman–Crippen LogP) is 2.95. The molecular weight excluding hydrogens is 236 g/mol. The molecule has 0 bridgehead atoms. The fraction of sp³-hybridized carbons (Fsp3) is 0.938. The third-order valence-corrected chi connectivity index (χ3v) is 3.85. The first-order valence-corrected chi connectivity index (χ1v) is 7.97. The van der Waals surface area contributed by atoms with Crippen molar-refractivity contribution in [2.45, 2.75) is 65.8 Å². The summed E-state index contributed by atoms with van der Waals surface area (Å²) in [5.41, 5.74) is 0. The van der Waals surface area contributed by atoms with E-state index in [4.69, 9.17) is 0 Å². The van der Waals surface area contributed by atoms with Gasteiger partial charge in [-0.3, -0.25) is 4.79 Å². The third-order valence-electron chi connectivity index (χ3n) is 3.85. The van der Waals surface area contributed by atoms with Crippen molar-refractivity contribution in [2.75, 3.05) is 13.1 Å². The average Bonchev–Trinajstić information content (AvgIpc) is 2.33. The lowest BCUT2D eigenvalue weighted by molar-refractivity contribution is -0.120. The summed E-state index contributed by atoms with van der Waals surface area (Å²) in [5, 5.41) is 6.40. The lowest BCUT2D eigenvalue weighted by Gasteiger charge is -2.30. The Bertz CT molecular complexity index is 263. The molecule has 0 radical (unpaired) electrons. The van der Waals surface area contributed by atoms with E-state index < -0.39 is 0 Å². The van der Waals surface area contributed by atoms with Gasteiger partial charge in [0.05, 0.1) is 6.54 Å². The minimum Gasteiger partial charge on any atom is -0.355 e. The highest BCUT2D eigenvalue weighted by Crippen LogP contribution is 2.29. The largest absolute Gasteiger partial charge is 0.355 e. The van der Waals surface area contributed by atoms with Gasteiger partial charge in [0.1, 0.15) is 0 Å². The summed E-state index contributed by atoms with van der Waals surface area (Å²) in [4.78, 5) is 11.7. The minimum atomic E-state index is 0.139. The molecule has 0 saturated heterocycles. The lowest BCUT2D eigenvalue weighted by Crippen LogP contribution is -2.42. The van der Waals surface area contributed by atoms with Gasteiger partial charge in [-0.05, 0) is 37.0 Å². The Labute approximate surface area is 118 Å². The molecular formula is C16H32N2O. The number of carbonyl (C=O) groups is 1. The summed E-state index contributed by atoms with van der Waals surface area (Å²) in [6.07, 6.45) is 6.48. The summed E-state index contributed by atoms with van der Waals surface area (Å²) in [7, 11) is 0. The third kappa shape index (κ3) is 7.56. The van der Waals surface area contributed by atoms with Gasteiger partial charge in [0.2, 0.25) is 5.91 Å². The molecule has 1 aliphatic rings. The monoisotopic (exact) mass is 268 g/mol. The fourth-order valence-corrected chi connectivity index (χ4v) is 2.97. The van der Waals surface area contributed by atoms with Crippen LogP contribution in [0.15, 0.2) is 0 Å². The van der Waals surface area contributed by atoms with E-state index in [1.54, 1.807) is 0 Å². The van der Waals surface area contributed by atoms with Crippen molar-refractivity contribution < 1.29 is 4.79 Å². The van der Waals surface area contributed by atoms with Crippen LogP contribution in [0, 0.1) is 17.8 Å². The van der Waals surface area contributed by atoms with Crippen LogP contribution in [0.5, 0.6) is 0 Å². The van der Waals surface area contributed by atoms with Crippen LogP contribution in [-0.2, 0) is 4.79 Å². The van der Waals surface area contributed by atoms with Crippen molar-refractivity contribution in [1.82, 2.24) is 10.6 Å². The molecule has 19 heavy (non-hydrogen) atoms. The Morgan fingerprint density at radius 2 is 1.89 bits per heavy atom. The Balaban J connectivity index is 2.19. The maximum atomic E-state index is 11.7. The normalized spacial score (nSPS) is 23.9. The molecule has 0 aliphatic heterocycles. The van der Waals surface area contributed by atoms with Gasteiger partial charge in [0, 0.05) is 12.6 Å². The molecule has 1 rings (SSSR count). The average molecular weight is 268 g/mol. The number of hydrogen-bond acceptors (Lipinski definition) is 2. The van der Waals surface area contributed by atoms with Crippen LogP contribution >= 0.6 is 0 Å². The van der Waals surface area contributed by atoms with Gasteiger partial charge in [-0.2, -0.15) is 0 Å². The predicted molar refractivity (Wildman–Crippen MR) is 81.1 cm³/mol. The summed E-state index contributed by atoms with van der Waals surface area (Å²) >= 11 is 0. The van der Waals surface area contributed by atoms with Crippen LogP contribution < -0.4 is 10.6 Å². The zero-order chi connectivity index (χ0) is 14.3. The van der Waals surface area contributed by atoms with Gasteiger partial charge in [-0.15, -0.1) is 0 Å². The topological polar surface area (TPSA) is 41.1 Å². The molecule has 1 saturated carbocycles. The van der Waals surface area contributed by atoms with Gasteiger partial charge in [-0.25, -0.2) is 0 Å². The molecule has 0 aromatic rings. The zero-order valence-corrected chi connectivity index (χ0v) is 13.2. The van der Waals surface area contributed by atoms with E-state index in [1.165, 1.54) is 32.1 Å². The Morgan fingerprint density at radius 1 is 1.16 bits per heavy atom. The number of hydrogen-bond donors (Lipinski definition) is 2. The number of rotatable bonds is 7. The van der Waals surface area contributed by atoms with Crippen LogP contribution in [0.1, 0.15) is 59.8 Å². The van der Waals surface area contributed by atoms with Gasteiger partial charge in [0.25, 0.3) is 0 Å². The molecule has 2 atom stereocenters. The van der Waals surface area contributed by atoms with Gasteiger partial charge >= 0.3 is 0 Å². The summed E-state index contributed by atoms with van der Waals surface area (Å²) < 4.78 is 0. The summed E-state index contributed by atoms with van der Waals surface area (Å²) in [5.74, 6) is 2.30. The molecule has 1 amide bonds. The van der Waals surface area contributed by atoms with E-state index in [9.17, 15) is 4.79 Å². The fourth-order valence-electron chi connectivity index (χ4n) is 2.97. The zero-order valence-electron chi connectivity index (χ0n) is 13.2. The van der Waals surface area contributed by atoms with E-state index >= 15 is 0 Å². The van der Waals surface area contributed by atoms with Crippen LogP contribution in [0.4, 0.5) is 0 Å².